The molecule has 0 fully saturated rings. The Hall–Kier alpha value is -2.61. The van der Waals surface area contributed by atoms with Crippen LogP contribution in [0, 0.1) is 0 Å². The maximum atomic E-state index is 12.8. The lowest BCUT2D eigenvalue weighted by atomic mass is 10.0. The first kappa shape index (κ1) is 19.2. The molecule has 1 aliphatic rings. The molecule has 2 aromatic rings. The third kappa shape index (κ3) is 3.75. The van der Waals surface area contributed by atoms with Gasteiger partial charge >= 0.3 is 6.18 Å². The number of rotatable bonds is 4. The summed E-state index contributed by atoms with van der Waals surface area (Å²) in [5.41, 5.74) is 7.15. The van der Waals surface area contributed by atoms with Gasteiger partial charge in [-0.1, -0.05) is 37.3 Å². The van der Waals surface area contributed by atoms with Crippen LogP contribution in [0.15, 0.2) is 36.4 Å². The Morgan fingerprint density at radius 1 is 1.26 bits per heavy atom. The number of amides is 2. The van der Waals surface area contributed by atoms with Crippen molar-refractivity contribution in [3.63, 3.8) is 0 Å². The van der Waals surface area contributed by atoms with Gasteiger partial charge in [0.2, 0.25) is 11.8 Å². The number of halogens is 3. The quantitative estimate of drug-likeness (QED) is 0.857. The summed E-state index contributed by atoms with van der Waals surface area (Å²) < 4.78 is 37.5. The monoisotopic (exact) mass is 379 g/mol. The van der Waals surface area contributed by atoms with Gasteiger partial charge in [-0.3, -0.25) is 14.5 Å². The van der Waals surface area contributed by atoms with E-state index in [4.69, 9.17) is 5.73 Å². The fourth-order valence-corrected chi connectivity index (χ4v) is 3.36. The zero-order valence-corrected chi connectivity index (χ0v) is 14.7. The number of nitrogens with one attached hydrogen (secondary N) is 1. The molecule has 2 unspecified atom stereocenters. The van der Waals surface area contributed by atoms with Gasteiger partial charge in [0.15, 0.2) is 0 Å². The van der Waals surface area contributed by atoms with Crippen LogP contribution in [0.2, 0.25) is 0 Å². The highest BCUT2D eigenvalue weighted by Gasteiger charge is 2.41. The minimum atomic E-state index is -4.53. The van der Waals surface area contributed by atoms with Crippen LogP contribution in [-0.2, 0) is 16.0 Å². The van der Waals surface area contributed by atoms with Crippen molar-refractivity contribution < 1.29 is 22.8 Å². The van der Waals surface area contributed by atoms with Crippen LogP contribution in [0.3, 0.4) is 0 Å². The number of hydrogen-bond acceptors (Lipinski definition) is 3. The Bertz CT molecular complexity index is 882. The van der Waals surface area contributed by atoms with Crippen LogP contribution in [0.5, 0.6) is 0 Å². The number of carbonyl (C=O) groups is 2. The topological polar surface area (TPSA) is 75.4 Å². The highest BCUT2D eigenvalue weighted by atomic mass is 19.4. The summed E-state index contributed by atoms with van der Waals surface area (Å²) in [4.78, 5) is 26.5. The molecule has 0 aliphatic carbocycles. The second kappa shape index (κ2) is 7.19. The van der Waals surface area contributed by atoms with Crippen LogP contribution < -0.4 is 16.0 Å². The molecule has 3 N–H and O–H groups in total. The molecule has 8 heteroatoms. The highest BCUT2D eigenvalue weighted by molar-refractivity contribution is 6.08. The van der Waals surface area contributed by atoms with Gasteiger partial charge in [0, 0.05) is 12.1 Å². The average Bonchev–Trinajstić information content (AvgIpc) is 3.04. The third-order valence-corrected chi connectivity index (χ3v) is 4.74. The van der Waals surface area contributed by atoms with Gasteiger partial charge in [0.25, 0.3) is 0 Å². The first-order valence-electron chi connectivity index (χ1n) is 8.66. The summed E-state index contributed by atoms with van der Waals surface area (Å²) >= 11 is 0. The van der Waals surface area contributed by atoms with Gasteiger partial charge in [0.1, 0.15) is 12.6 Å². The number of carbonyl (C=O) groups excluding carboxylic acids is 2. The normalized spacial score (nSPS) is 17.7. The van der Waals surface area contributed by atoms with Crippen molar-refractivity contribution in [2.24, 2.45) is 5.73 Å². The average molecular weight is 379 g/mol. The van der Waals surface area contributed by atoms with E-state index in [1.54, 1.807) is 13.0 Å². The Kier molecular flexibility index (Phi) is 5.10. The van der Waals surface area contributed by atoms with Gasteiger partial charge in [-0.25, -0.2) is 0 Å². The predicted molar refractivity (Wildman–Crippen MR) is 96.3 cm³/mol. The smallest absolute Gasteiger partial charge is 0.345 e. The largest absolute Gasteiger partial charge is 0.405 e. The van der Waals surface area contributed by atoms with E-state index in [0.29, 0.717) is 12.1 Å². The van der Waals surface area contributed by atoms with Gasteiger partial charge in [0.05, 0.1) is 6.04 Å². The first-order chi connectivity index (χ1) is 12.7. The van der Waals surface area contributed by atoms with E-state index in [1.807, 2.05) is 35.6 Å². The molecule has 0 spiro atoms. The molecule has 0 bridgehead atoms. The van der Waals surface area contributed by atoms with Crippen molar-refractivity contribution in [1.82, 2.24) is 5.32 Å². The molecule has 2 aromatic carbocycles. The van der Waals surface area contributed by atoms with Crippen LogP contribution in [-0.4, -0.2) is 36.6 Å². The lowest BCUT2D eigenvalue weighted by molar-refractivity contribution is -0.139. The molecule has 1 heterocycles. The third-order valence-electron chi connectivity index (χ3n) is 4.74. The van der Waals surface area contributed by atoms with Gasteiger partial charge < -0.3 is 11.1 Å². The number of alkyl halides is 3. The first-order valence-corrected chi connectivity index (χ1v) is 8.66. The lowest BCUT2D eigenvalue weighted by Gasteiger charge is -2.27. The number of nitrogens with zero attached hydrogens (tertiary/aromatic N) is 1. The van der Waals surface area contributed by atoms with Crippen LogP contribution in [0.1, 0.15) is 18.9 Å². The predicted octanol–water partition coefficient (Wildman–Crippen LogP) is 2.51. The Labute approximate surface area is 154 Å². The van der Waals surface area contributed by atoms with Crippen molar-refractivity contribution >= 4 is 28.3 Å². The maximum absolute atomic E-state index is 12.8. The summed E-state index contributed by atoms with van der Waals surface area (Å²) in [6.45, 7) is 0.292. The molecule has 2 amide bonds. The van der Waals surface area contributed by atoms with Crippen molar-refractivity contribution in [2.45, 2.75) is 38.0 Å². The minimum absolute atomic E-state index is 0.141. The Morgan fingerprint density at radius 2 is 1.96 bits per heavy atom. The number of anilines is 1. The fraction of sp³-hybridized carbons (Fsp3) is 0.368. The lowest BCUT2D eigenvalue weighted by Crippen LogP contribution is -2.53. The molecular weight excluding hydrogens is 359 g/mol. The molecule has 0 saturated heterocycles. The standard InChI is InChI=1S/C19H20F3N3O2/c1-2-14(23)18(27)25-15-8-7-11-5-3-4-6-12(11)13(15)9-16(25)17(26)24-10-19(20,21)22/h3-8,14,16H,2,9-10,23H2,1H3,(H,24,26). The SMILES string of the molecule is CCC(N)C(=O)N1c2ccc3ccccc3c2CC1C(=O)NCC(F)(F)F. The molecule has 1 aliphatic heterocycles. The second-order valence-corrected chi connectivity index (χ2v) is 6.56. The summed E-state index contributed by atoms with van der Waals surface area (Å²) in [5.74, 6) is -1.32. The molecule has 3 rings (SSSR count). The molecule has 5 nitrogen and oxygen atoms in total. The zero-order chi connectivity index (χ0) is 19.8. The van der Waals surface area contributed by atoms with Crippen molar-refractivity contribution in [3.8, 4) is 0 Å². The van der Waals surface area contributed by atoms with Crippen molar-refractivity contribution in [2.75, 3.05) is 11.4 Å². The summed E-state index contributed by atoms with van der Waals surface area (Å²) in [6.07, 6.45) is -4.03. The van der Waals surface area contributed by atoms with E-state index in [0.717, 1.165) is 16.3 Å². The molecule has 2 atom stereocenters. The van der Waals surface area contributed by atoms with Crippen LogP contribution in [0.25, 0.3) is 10.8 Å². The maximum Gasteiger partial charge on any atom is 0.405 e. The second-order valence-electron chi connectivity index (χ2n) is 6.56. The van der Waals surface area contributed by atoms with E-state index in [2.05, 4.69) is 0 Å². The number of benzene rings is 2. The van der Waals surface area contributed by atoms with Crippen LogP contribution >= 0.6 is 0 Å². The molecule has 27 heavy (non-hydrogen) atoms. The van der Waals surface area contributed by atoms with E-state index in [1.165, 1.54) is 4.90 Å². The molecule has 0 saturated carbocycles. The molecule has 144 valence electrons. The Morgan fingerprint density at radius 3 is 2.63 bits per heavy atom. The minimum Gasteiger partial charge on any atom is -0.345 e. The van der Waals surface area contributed by atoms with E-state index in [9.17, 15) is 22.8 Å². The Balaban J connectivity index is 2.01. The van der Waals surface area contributed by atoms with E-state index in [-0.39, 0.29) is 6.42 Å². The molecule has 0 radical (unpaired) electrons. The summed E-state index contributed by atoms with van der Waals surface area (Å²) in [7, 11) is 0. The molecular formula is C19H20F3N3O2. The van der Waals surface area contributed by atoms with Crippen molar-refractivity contribution in [3.05, 3.63) is 42.0 Å². The van der Waals surface area contributed by atoms with E-state index < -0.39 is 36.6 Å². The van der Waals surface area contributed by atoms with Gasteiger partial charge in [-0.2, -0.15) is 13.2 Å². The van der Waals surface area contributed by atoms with Crippen LogP contribution in [0.4, 0.5) is 18.9 Å². The van der Waals surface area contributed by atoms with Gasteiger partial charge in [-0.05, 0) is 28.8 Å². The summed E-state index contributed by atoms with van der Waals surface area (Å²) in [6, 6.07) is 9.12. The zero-order valence-electron chi connectivity index (χ0n) is 14.7. The summed E-state index contributed by atoms with van der Waals surface area (Å²) in [5, 5.41) is 3.69. The highest BCUT2D eigenvalue weighted by Crippen LogP contribution is 2.38. The number of nitrogens with two attached hydrogens (primary N) is 1. The fourth-order valence-electron chi connectivity index (χ4n) is 3.36. The van der Waals surface area contributed by atoms with E-state index >= 15 is 0 Å². The number of fused-ring (bicyclic) bond motifs is 3. The number of hydrogen-bond donors (Lipinski definition) is 2. The molecule has 0 aromatic heterocycles. The van der Waals surface area contributed by atoms with Gasteiger partial charge in [-0.15, -0.1) is 0 Å². The van der Waals surface area contributed by atoms with Crippen molar-refractivity contribution in [1.29, 1.82) is 0 Å².